The van der Waals surface area contributed by atoms with Crippen molar-refractivity contribution >= 4 is 5.97 Å². The van der Waals surface area contributed by atoms with Gasteiger partial charge in [0.05, 0.1) is 112 Å². The standard InChI is InChI=1S/C39H76O11/c1-3-5-6-7-8-9-10-11-12-13-14-15-16-17-18-19-20-41-21-22-42-23-24-43-25-26-44-27-28-45-29-30-46-31-32-47-33-34-48-35-36-49-37-38-50-39(40)4-2/h4H,2-3,5-38H2,1H3. The van der Waals surface area contributed by atoms with E-state index < -0.39 is 5.97 Å². The van der Waals surface area contributed by atoms with Crippen molar-refractivity contribution in [1.29, 1.82) is 0 Å². The fraction of sp³-hybridized carbons (Fsp3) is 0.923. The van der Waals surface area contributed by atoms with Crippen molar-refractivity contribution in [3.63, 3.8) is 0 Å². The molecule has 0 saturated heterocycles. The third kappa shape index (κ3) is 44.9. The predicted octanol–water partition coefficient (Wildman–Crippen LogP) is 7.13. The van der Waals surface area contributed by atoms with Crippen molar-refractivity contribution in [2.75, 3.05) is 126 Å². The van der Waals surface area contributed by atoms with Crippen LogP contribution in [0, 0.1) is 0 Å². The summed E-state index contributed by atoms with van der Waals surface area (Å²) < 4.78 is 54.2. The molecule has 298 valence electrons. The lowest BCUT2D eigenvalue weighted by atomic mass is 10.0. The second-order valence-corrected chi connectivity index (χ2v) is 12.2. The van der Waals surface area contributed by atoms with Crippen LogP contribution in [0.25, 0.3) is 0 Å². The first-order valence-electron chi connectivity index (χ1n) is 19.8. The lowest BCUT2D eigenvalue weighted by Gasteiger charge is -2.09. The van der Waals surface area contributed by atoms with E-state index >= 15 is 0 Å². The molecule has 0 aliphatic heterocycles. The summed E-state index contributed by atoms with van der Waals surface area (Å²) in [5, 5.41) is 0. The second kappa shape index (κ2) is 45.9. The van der Waals surface area contributed by atoms with Crippen LogP contribution in [0.5, 0.6) is 0 Å². The first-order chi connectivity index (χ1) is 24.8. The van der Waals surface area contributed by atoms with Gasteiger partial charge in [-0.1, -0.05) is 110 Å². The highest BCUT2D eigenvalue weighted by Crippen LogP contribution is 2.13. The van der Waals surface area contributed by atoms with E-state index in [0.717, 1.165) is 19.1 Å². The Bertz CT molecular complexity index is 654. The molecule has 0 unspecified atom stereocenters. The van der Waals surface area contributed by atoms with Crippen LogP contribution in [0.2, 0.25) is 0 Å². The lowest BCUT2D eigenvalue weighted by molar-refractivity contribution is -0.139. The molecule has 0 aromatic rings. The summed E-state index contributed by atoms with van der Waals surface area (Å²) in [5.41, 5.74) is 0. The van der Waals surface area contributed by atoms with Crippen molar-refractivity contribution in [3.05, 3.63) is 12.7 Å². The smallest absolute Gasteiger partial charge is 0.330 e. The summed E-state index contributed by atoms with van der Waals surface area (Å²) in [5.74, 6) is -0.453. The largest absolute Gasteiger partial charge is 0.460 e. The molecule has 11 nitrogen and oxygen atoms in total. The van der Waals surface area contributed by atoms with E-state index in [-0.39, 0.29) is 6.61 Å². The van der Waals surface area contributed by atoms with E-state index in [1.807, 2.05) is 0 Å². The highest BCUT2D eigenvalue weighted by molar-refractivity contribution is 5.81. The Morgan fingerprint density at radius 2 is 0.560 bits per heavy atom. The van der Waals surface area contributed by atoms with Crippen LogP contribution in [0.15, 0.2) is 12.7 Å². The Morgan fingerprint density at radius 1 is 0.340 bits per heavy atom. The maximum atomic E-state index is 10.9. The van der Waals surface area contributed by atoms with E-state index in [1.165, 1.54) is 96.3 Å². The molecule has 0 aromatic carbocycles. The van der Waals surface area contributed by atoms with Crippen LogP contribution < -0.4 is 0 Å². The van der Waals surface area contributed by atoms with Crippen LogP contribution in [-0.2, 0) is 52.2 Å². The molecule has 0 aromatic heterocycles. The average molecular weight is 721 g/mol. The van der Waals surface area contributed by atoms with Gasteiger partial charge in [-0.15, -0.1) is 0 Å². The molecule has 0 N–H and O–H groups in total. The maximum absolute atomic E-state index is 10.9. The van der Waals surface area contributed by atoms with Gasteiger partial charge < -0.3 is 47.4 Å². The summed E-state index contributed by atoms with van der Waals surface area (Å²) in [4.78, 5) is 10.9. The van der Waals surface area contributed by atoms with Crippen LogP contribution in [0.3, 0.4) is 0 Å². The van der Waals surface area contributed by atoms with Crippen LogP contribution in [0.4, 0.5) is 0 Å². The fourth-order valence-corrected chi connectivity index (χ4v) is 4.87. The molecule has 0 radical (unpaired) electrons. The summed E-state index contributed by atoms with van der Waals surface area (Å²) in [6.07, 6.45) is 23.3. The normalized spacial score (nSPS) is 11.4. The van der Waals surface area contributed by atoms with E-state index in [0.29, 0.717) is 112 Å². The monoisotopic (exact) mass is 721 g/mol. The Morgan fingerprint density at radius 3 is 0.820 bits per heavy atom. The molecule has 50 heavy (non-hydrogen) atoms. The van der Waals surface area contributed by atoms with E-state index in [1.54, 1.807) is 0 Å². The van der Waals surface area contributed by atoms with E-state index in [4.69, 9.17) is 47.4 Å². The number of unbranched alkanes of at least 4 members (excludes halogenated alkanes) is 15. The Kier molecular flexibility index (Phi) is 44.8. The first-order valence-corrected chi connectivity index (χ1v) is 19.8. The van der Waals surface area contributed by atoms with Crippen molar-refractivity contribution in [2.24, 2.45) is 0 Å². The first kappa shape index (κ1) is 48.9. The van der Waals surface area contributed by atoms with Gasteiger partial charge in [0.2, 0.25) is 0 Å². The maximum Gasteiger partial charge on any atom is 0.330 e. The molecular weight excluding hydrogens is 644 g/mol. The number of carbonyl (C=O) groups is 1. The molecular formula is C39H76O11. The van der Waals surface area contributed by atoms with Gasteiger partial charge in [-0.2, -0.15) is 0 Å². The number of hydrogen-bond donors (Lipinski definition) is 0. The number of ether oxygens (including phenoxy) is 10. The molecule has 0 amide bonds. The van der Waals surface area contributed by atoms with Crippen molar-refractivity contribution in [2.45, 2.75) is 110 Å². The number of hydrogen-bond acceptors (Lipinski definition) is 11. The minimum atomic E-state index is -0.453. The molecule has 0 rings (SSSR count). The van der Waals surface area contributed by atoms with Gasteiger partial charge in [0.15, 0.2) is 0 Å². The molecule has 0 fully saturated rings. The van der Waals surface area contributed by atoms with Gasteiger partial charge >= 0.3 is 5.97 Å². The number of rotatable bonds is 45. The van der Waals surface area contributed by atoms with Gasteiger partial charge in [-0.05, 0) is 6.42 Å². The fourth-order valence-electron chi connectivity index (χ4n) is 4.87. The van der Waals surface area contributed by atoms with Crippen LogP contribution in [0.1, 0.15) is 110 Å². The molecule has 11 heteroatoms. The Balaban J connectivity index is 3.06. The predicted molar refractivity (Wildman–Crippen MR) is 198 cm³/mol. The summed E-state index contributed by atoms with van der Waals surface area (Å²) in [6.45, 7) is 15.3. The van der Waals surface area contributed by atoms with Crippen LogP contribution >= 0.6 is 0 Å². The number of esters is 1. The zero-order valence-corrected chi connectivity index (χ0v) is 32.0. The molecule has 0 bridgehead atoms. The zero-order valence-electron chi connectivity index (χ0n) is 32.0. The molecule has 0 spiro atoms. The minimum absolute atomic E-state index is 0.204. The van der Waals surface area contributed by atoms with Gasteiger partial charge in [0.1, 0.15) is 6.61 Å². The highest BCUT2D eigenvalue weighted by Gasteiger charge is 1.98. The topological polar surface area (TPSA) is 109 Å². The summed E-state index contributed by atoms with van der Waals surface area (Å²) >= 11 is 0. The Labute approximate surface area is 305 Å². The van der Waals surface area contributed by atoms with Crippen LogP contribution in [-0.4, -0.2) is 132 Å². The summed E-state index contributed by atoms with van der Waals surface area (Å²) in [7, 11) is 0. The number of carbonyl (C=O) groups excluding carboxylic acids is 1. The second-order valence-electron chi connectivity index (χ2n) is 12.2. The van der Waals surface area contributed by atoms with Gasteiger partial charge in [-0.3, -0.25) is 0 Å². The molecule has 0 heterocycles. The van der Waals surface area contributed by atoms with E-state index in [2.05, 4.69) is 13.5 Å². The third-order valence-corrected chi connectivity index (χ3v) is 7.76. The van der Waals surface area contributed by atoms with Crippen molar-refractivity contribution in [1.82, 2.24) is 0 Å². The third-order valence-electron chi connectivity index (χ3n) is 7.76. The van der Waals surface area contributed by atoms with Crippen molar-refractivity contribution < 1.29 is 52.2 Å². The van der Waals surface area contributed by atoms with E-state index in [9.17, 15) is 4.79 Å². The SMILES string of the molecule is C=CC(=O)OCCOCCOCCOCCOCCOCCOCCOCCOCCOCCCCCCCCCCCCCCCCCC. The van der Waals surface area contributed by atoms with Gasteiger partial charge in [0, 0.05) is 12.7 Å². The Hall–Kier alpha value is -1.15. The van der Waals surface area contributed by atoms with Crippen molar-refractivity contribution in [3.8, 4) is 0 Å². The van der Waals surface area contributed by atoms with Gasteiger partial charge in [0.25, 0.3) is 0 Å². The quantitative estimate of drug-likeness (QED) is 0.0364. The highest BCUT2D eigenvalue weighted by atomic mass is 16.6. The molecule has 0 aliphatic carbocycles. The lowest BCUT2D eigenvalue weighted by Crippen LogP contribution is -2.15. The molecule has 0 saturated carbocycles. The summed E-state index contributed by atoms with van der Waals surface area (Å²) in [6, 6.07) is 0. The average Bonchev–Trinajstić information content (AvgIpc) is 3.13. The molecule has 0 atom stereocenters. The zero-order chi connectivity index (χ0) is 36.1. The molecule has 0 aliphatic rings. The van der Waals surface area contributed by atoms with Gasteiger partial charge in [-0.25, -0.2) is 4.79 Å². The minimum Gasteiger partial charge on any atom is -0.460 e.